The molecular formula is C5H9ITe2. The molecule has 8 heavy (non-hydrogen) atoms. The van der Waals surface area contributed by atoms with Gasteiger partial charge in [-0.15, -0.1) is 0 Å². The normalized spacial score (nSPS) is 7.00. The summed E-state index contributed by atoms with van der Waals surface area (Å²) < 4.78 is 6.48. The molecule has 0 aliphatic rings. The fraction of sp³-hybridized carbons (Fsp3) is 0.600. The molecule has 0 aromatic carbocycles. The van der Waals surface area contributed by atoms with Crippen molar-refractivity contribution >= 4 is 40.5 Å². The van der Waals surface area contributed by atoms with Gasteiger partial charge in [-0.05, 0) is 0 Å². The topological polar surface area (TPSA) is 0 Å². The van der Waals surface area contributed by atoms with Crippen LogP contribution < -0.4 is 24.0 Å². The Kier molecular flexibility index (Phi) is 13.9. The standard InChI is InChI=1S/C5H9Te2.HI/c1-6-4-5-7(2)3;/h1-3H3;1H/q+1;/p-1. The summed E-state index contributed by atoms with van der Waals surface area (Å²) in [5.41, 5.74) is 0. The molecule has 0 rings (SSSR count). The molecule has 0 saturated heterocycles. The van der Waals surface area contributed by atoms with Crippen LogP contribution in [0.2, 0.25) is 14.9 Å². The van der Waals surface area contributed by atoms with Crippen molar-refractivity contribution in [3.05, 3.63) is 0 Å². The first-order valence-electron chi connectivity index (χ1n) is 1.88. The van der Waals surface area contributed by atoms with E-state index < -0.39 is 19.6 Å². The summed E-state index contributed by atoms with van der Waals surface area (Å²) in [7, 11) is 0. The zero-order chi connectivity index (χ0) is 5.70. The predicted molar refractivity (Wildman–Crippen MR) is 36.9 cm³/mol. The van der Waals surface area contributed by atoms with E-state index in [-0.39, 0.29) is 44.9 Å². The molecule has 0 unspecified atom stereocenters. The van der Waals surface area contributed by atoms with E-state index in [0.29, 0.717) is 0 Å². The molecular weight excluding hydrogens is 442 g/mol. The van der Waals surface area contributed by atoms with Crippen molar-refractivity contribution in [2.45, 2.75) is 14.9 Å². The van der Waals surface area contributed by atoms with E-state index in [1.165, 1.54) is 0 Å². The van der Waals surface area contributed by atoms with Gasteiger partial charge < -0.3 is 24.0 Å². The van der Waals surface area contributed by atoms with Crippen LogP contribution in [0.15, 0.2) is 0 Å². The minimum Gasteiger partial charge on any atom is -1.00 e. The van der Waals surface area contributed by atoms with Crippen LogP contribution in [0.25, 0.3) is 0 Å². The number of rotatable bonds is 0. The van der Waals surface area contributed by atoms with Gasteiger partial charge in [0, 0.05) is 0 Å². The smallest absolute Gasteiger partial charge is 1.00 e. The maximum absolute atomic E-state index is 3.27. The van der Waals surface area contributed by atoms with Gasteiger partial charge in [0.15, 0.2) is 0 Å². The molecule has 0 spiro atoms. The Morgan fingerprint density at radius 1 is 1.38 bits per heavy atom. The summed E-state index contributed by atoms with van der Waals surface area (Å²) in [5, 5.41) is 0. The molecule has 0 amide bonds. The number of hydrogen-bond donors (Lipinski definition) is 0. The van der Waals surface area contributed by atoms with Crippen LogP contribution >= 0.6 is 0 Å². The summed E-state index contributed by atoms with van der Waals surface area (Å²) in [4.78, 5) is 6.80. The second kappa shape index (κ2) is 8.87. The van der Waals surface area contributed by atoms with E-state index in [2.05, 4.69) is 22.9 Å². The first-order chi connectivity index (χ1) is 3.27. The Hall–Kier alpha value is 1.87. The average Bonchev–Trinajstić information content (AvgIpc) is 1.61. The van der Waals surface area contributed by atoms with E-state index in [1.54, 1.807) is 0 Å². The van der Waals surface area contributed by atoms with Crippen LogP contribution in [-0.4, -0.2) is 40.5 Å². The Morgan fingerprint density at radius 2 is 1.88 bits per heavy atom. The average molecular weight is 451 g/mol. The van der Waals surface area contributed by atoms with Gasteiger partial charge in [-0.3, -0.25) is 0 Å². The summed E-state index contributed by atoms with van der Waals surface area (Å²) in [6.07, 6.45) is 0. The molecule has 3 heteroatoms. The summed E-state index contributed by atoms with van der Waals surface area (Å²) in [6.45, 7) is 0. The summed E-state index contributed by atoms with van der Waals surface area (Å²) in [6, 6.07) is 0. The van der Waals surface area contributed by atoms with Crippen molar-refractivity contribution < 1.29 is 24.0 Å². The fourth-order valence-corrected chi connectivity index (χ4v) is 5.62. The summed E-state index contributed by atoms with van der Waals surface area (Å²) in [5.74, 6) is 0. The molecule has 0 radical (unpaired) electrons. The zero-order valence-corrected chi connectivity index (χ0v) is 12.0. The van der Waals surface area contributed by atoms with Crippen LogP contribution in [0.1, 0.15) is 0 Å². The zero-order valence-electron chi connectivity index (χ0n) is 5.19. The van der Waals surface area contributed by atoms with Crippen LogP contribution in [0, 0.1) is 7.94 Å². The third-order valence-electron chi connectivity index (χ3n) is 0.348. The molecule has 0 aromatic heterocycles. The molecule has 0 bridgehead atoms. The molecule has 0 aliphatic carbocycles. The van der Waals surface area contributed by atoms with E-state index >= 15 is 0 Å². The van der Waals surface area contributed by atoms with Crippen molar-refractivity contribution in [2.75, 3.05) is 0 Å². The molecule has 48 valence electrons. The second-order valence-corrected chi connectivity index (χ2v) is 8.22. The maximum Gasteiger partial charge on any atom is -1.00 e. The second-order valence-electron chi connectivity index (χ2n) is 1.22. The quantitative estimate of drug-likeness (QED) is 0.227. The van der Waals surface area contributed by atoms with E-state index in [9.17, 15) is 0 Å². The van der Waals surface area contributed by atoms with Gasteiger partial charge in [0.1, 0.15) is 0 Å². The van der Waals surface area contributed by atoms with Crippen molar-refractivity contribution in [1.82, 2.24) is 0 Å². The molecule has 0 saturated carbocycles. The van der Waals surface area contributed by atoms with Crippen molar-refractivity contribution in [3.8, 4) is 7.94 Å². The molecule has 0 aromatic rings. The maximum atomic E-state index is 3.27. The Labute approximate surface area is 85.9 Å². The van der Waals surface area contributed by atoms with E-state index in [1.807, 2.05) is 0 Å². The molecule has 0 aliphatic heterocycles. The third kappa shape index (κ3) is 10.8. The first-order valence-corrected chi connectivity index (χ1v) is 11.2. The largest absolute Gasteiger partial charge is 1.00 e. The number of hydrogen-bond acceptors (Lipinski definition) is 0. The molecule has 0 fully saturated rings. The molecule has 0 atom stereocenters. The molecule has 0 heterocycles. The van der Waals surface area contributed by atoms with E-state index in [4.69, 9.17) is 0 Å². The van der Waals surface area contributed by atoms with Gasteiger partial charge in [0.05, 0.1) is 0 Å². The van der Waals surface area contributed by atoms with Crippen LogP contribution in [0.4, 0.5) is 0 Å². The van der Waals surface area contributed by atoms with Crippen LogP contribution in [0.5, 0.6) is 0 Å². The first kappa shape index (κ1) is 12.5. The summed E-state index contributed by atoms with van der Waals surface area (Å²) >= 11 is -0.646. The Balaban J connectivity index is 0. The SMILES string of the molecule is C[Te]C#C[Te+](C)C.[I-]. The van der Waals surface area contributed by atoms with Crippen LogP contribution in [0.3, 0.4) is 0 Å². The predicted octanol–water partition coefficient (Wildman–Crippen LogP) is -2.00. The van der Waals surface area contributed by atoms with Gasteiger partial charge >= 0.3 is 63.3 Å². The van der Waals surface area contributed by atoms with E-state index in [0.717, 1.165) is 0 Å². The van der Waals surface area contributed by atoms with Crippen molar-refractivity contribution in [2.24, 2.45) is 0 Å². The van der Waals surface area contributed by atoms with Gasteiger partial charge in [0.25, 0.3) is 0 Å². The fourth-order valence-electron chi connectivity index (χ4n) is 0.125. The minimum absolute atomic E-state index is 0. The Morgan fingerprint density at radius 3 is 2.00 bits per heavy atom. The molecule has 0 nitrogen and oxygen atoms in total. The van der Waals surface area contributed by atoms with Gasteiger partial charge in [-0.25, -0.2) is 0 Å². The monoisotopic (exact) mass is 456 g/mol. The van der Waals surface area contributed by atoms with Crippen molar-refractivity contribution in [1.29, 1.82) is 0 Å². The van der Waals surface area contributed by atoms with Gasteiger partial charge in [-0.1, -0.05) is 0 Å². The van der Waals surface area contributed by atoms with Crippen molar-refractivity contribution in [3.63, 3.8) is 0 Å². The molecule has 0 N–H and O–H groups in total. The van der Waals surface area contributed by atoms with Gasteiger partial charge in [0.2, 0.25) is 0 Å². The Bertz CT molecular complexity index is 90.3. The number of halogens is 1. The van der Waals surface area contributed by atoms with Crippen LogP contribution in [-0.2, 0) is 0 Å². The van der Waals surface area contributed by atoms with Gasteiger partial charge in [-0.2, -0.15) is 0 Å². The third-order valence-corrected chi connectivity index (χ3v) is 3.93. The minimum atomic E-state index is -0.761.